The van der Waals surface area contributed by atoms with Crippen LogP contribution in [0.1, 0.15) is 42.0 Å². The molecule has 0 radical (unpaired) electrons. The molecular weight excluding hydrogens is 339 g/mol. The minimum absolute atomic E-state index is 0.129. The number of fused-ring (bicyclic) bond motifs is 1. The molecule has 0 bridgehead atoms. The molecule has 4 heteroatoms. The highest BCUT2D eigenvalue weighted by Crippen LogP contribution is 2.35. The van der Waals surface area contributed by atoms with Crippen molar-refractivity contribution in [2.24, 2.45) is 0 Å². The van der Waals surface area contributed by atoms with Gasteiger partial charge in [0.1, 0.15) is 5.82 Å². The first-order valence-electron chi connectivity index (χ1n) is 9.54. The predicted molar refractivity (Wildman–Crippen MR) is 107 cm³/mol. The fourth-order valence-electron chi connectivity index (χ4n) is 3.69. The Balaban J connectivity index is 1.81. The van der Waals surface area contributed by atoms with E-state index in [1.54, 1.807) is 12.1 Å². The summed E-state index contributed by atoms with van der Waals surface area (Å²) in [6.07, 6.45) is 2.89. The van der Waals surface area contributed by atoms with Crippen molar-refractivity contribution in [2.75, 3.05) is 20.1 Å². The Morgan fingerprint density at radius 1 is 1.15 bits per heavy atom. The third-order valence-corrected chi connectivity index (χ3v) is 5.21. The summed E-state index contributed by atoms with van der Waals surface area (Å²) in [5.41, 5.74) is 4.44. The lowest BCUT2D eigenvalue weighted by atomic mass is 9.88. The largest absolute Gasteiger partial charge is 0.331 e. The maximum atomic E-state index is 13.4. The van der Waals surface area contributed by atoms with Crippen LogP contribution in [-0.4, -0.2) is 30.9 Å². The van der Waals surface area contributed by atoms with Crippen molar-refractivity contribution in [3.8, 4) is 0 Å². The lowest BCUT2D eigenvalue weighted by molar-refractivity contribution is -0.133. The average Bonchev–Trinajstić information content (AvgIpc) is 2.70. The molecule has 1 aliphatic heterocycles. The van der Waals surface area contributed by atoms with Crippen LogP contribution in [0.15, 0.2) is 60.7 Å². The van der Waals surface area contributed by atoms with Crippen LogP contribution in [0.5, 0.6) is 0 Å². The van der Waals surface area contributed by atoms with Crippen molar-refractivity contribution in [3.05, 3.63) is 83.2 Å². The number of hydrogen-bond acceptors (Lipinski definition) is 2. The van der Waals surface area contributed by atoms with Gasteiger partial charge in [-0.1, -0.05) is 48.6 Å². The number of benzene rings is 2. The quantitative estimate of drug-likeness (QED) is 0.743. The van der Waals surface area contributed by atoms with E-state index < -0.39 is 0 Å². The number of amides is 1. The van der Waals surface area contributed by atoms with Gasteiger partial charge >= 0.3 is 0 Å². The molecule has 3 rings (SSSR count). The molecule has 0 spiro atoms. The molecule has 1 amide bonds. The summed E-state index contributed by atoms with van der Waals surface area (Å²) in [5, 5.41) is 3.11. The number of carbonyl (C=O) groups excluding carboxylic acids is 1. The number of hydrogen-bond donors (Lipinski definition) is 1. The molecule has 0 fully saturated rings. The predicted octanol–water partition coefficient (Wildman–Crippen LogP) is 4.25. The van der Waals surface area contributed by atoms with Crippen molar-refractivity contribution in [1.29, 1.82) is 0 Å². The maximum absolute atomic E-state index is 13.4. The molecule has 0 aliphatic carbocycles. The summed E-state index contributed by atoms with van der Waals surface area (Å²) in [4.78, 5) is 15.0. The van der Waals surface area contributed by atoms with Crippen LogP contribution in [-0.2, 0) is 11.2 Å². The Morgan fingerprint density at radius 3 is 2.63 bits per heavy atom. The van der Waals surface area contributed by atoms with Gasteiger partial charge in [-0.05, 0) is 61.7 Å². The van der Waals surface area contributed by atoms with Gasteiger partial charge in [-0.25, -0.2) is 4.39 Å². The summed E-state index contributed by atoms with van der Waals surface area (Å²) >= 11 is 0. The molecule has 1 aliphatic rings. The third-order valence-electron chi connectivity index (χ3n) is 5.21. The Kier molecular flexibility index (Phi) is 6.40. The zero-order chi connectivity index (χ0) is 19.2. The second kappa shape index (κ2) is 8.96. The minimum atomic E-state index is -0.262. The van der Waals surface area contributed by atoms with Crippen molar-refractivity contribution < 1.29 is 9.18 Å². The molecule has 0 saturated heterocycles. The van der Waals surface area contributed by atoms with Crippen LogP contribution in [0, 0.1) is 5.82 Å². The topological polar surface area (TPSA) is 32.3 Å². The van der Waals surface area contributed by atoms with E-state index >= 15 is 0 Å². The average molecular weight is 366 g/mol. The monoisotopic (exact) mass is 366 g/mol. The molecule has 27 heavy (non-hydrogen) atoms. The van der Waals surface area contributed by atoms with Crippen LogP contribution in [0.3, 0.4) is 0 Å². The van der Waals surface area contributed by atoms with Crippen LogP contribution in [0.4, 0.5) is 4.39 Å². The van der Waals surface area contributed by atoms with Gasteiger partial charge in [-0.3, -0.25) is 4.79 Å². The Labute approximate surface area is 160 Å². The van der Waals surface area contributed by atoms with Crippen LogP contribution < -0.4 is 5.32 Å². The highest BCUT2D eigenvalue weighted by molar-refractivity contribution is 5.78. The lowest BCUT2D eigenvalue weighted by Gasteiger charge is -2.38. The van der Waals surface area contributed by atoms with Gasteiger partial charge in [-0.2, -0.15) is 0 Å². The van der Waals surface area contributed by atoms with Crippen LogP contribution in [0.25, 0.3) is 0 Å². The number of rotatable bonds is 7. The zero-order valence-electron chi connectivity index (χ0n) is 15.9. The van der Waals surface area contributed by atoms with Crippen molar-refractivity contribution >= 4 is 5.91 Å². The van der Waals surface area contributed by atoms with E-state index in [4.69, 9.17) is 0 Å². The fourth-order valence-corrected chi connectivity index (χ4v) is 3.69. The van der Waals surface area contributed by atoms with Gasteiger partial charge in [0.15, 0.2) is 0 Å². The summed E-state index contributed by atoms with van der Waals surface area (Å²) in [7, 11) is 1.91. The van der Waals surface area contributed by atoms with E-state index in [9.17, 15) is 9.18 Å². The molecule has 0 aromatic heterocycles. The number of carbonyl (C=O) groups is 1. The third kappa shape index (κ3) is 4.64. The van der Waals surface area contributed by atoms with Gasteiger partial charge in [0.05, 0.1) is 6.04 Å². The first kappa shape index (κ1) is 19.3. The molecule has 2 aromatic rings. The number of nitrogens with one attached hydrogen (secondary N) is 1. The Hall–Kier alpha value is -2.46. The van der Waals surface area contributed by atoms with Gasteiger partial charge in [0.2, 0.25) is 5.91 Å². The van der Waals surface area contributed by atoms with Crippen molar-refractivity contribution in [2.45, 2.75) is 31.7 Å². The fraction of sp³-hybridized carbons (Fsp3) is 0.348. The summed E-state index contributed by atoms with van der Waals surface area (Å²) in [5.74, 6) is -0.133. The maximum Gasteiger partial charge on any atom is 0.223 e. The van der Waals surface area contributed by atoms with Gasteiger partial charge in [-0.15, -0.1) is 0 Å². The van der Waals surface area contributed by atoms with Gasteiger partial charge in [0, 0.05) is 13.0 Å². The number of nitrogens with zero attached hydrogens (tertiary/aromatic N) is 1. The van der Waals surface area contributed by atoms with E-state index in [-0.39, 0.29) is 17.8 Å². The van der Waals surface area contributed by atoms with E-state index in [1.165, 1.54) is 17.7 Å². The molecule has 142 valence electrons. The lowest BCUT2D eigenvalue weighted by Crippen LogP contribution is -2.40. The normalized spacial score (nSPS) is 16.1. The van der Waals surface area contributed by atoms with Crippen molar-refractivity contribution in [1.82, 2.24) is 10.2 Å². The molecule has 1 N–H and O–H groups in total. The summed E-state index contributed by atoms with van der Waals surface area (Å²) in [6, 6.07) is 14.6. The zero-order valence-corrected chi connectivity index (χ0v) is 15.9. The summed E-state index contributed by atoms with van der Waals surface area (Å²) in [6.45, 7) is 5.64. The molecule has 1 unspecified atom stereocenters. The van der Waals surface area contributed by atoms with E-state index in [2.05, 4.69) is 24.0 Å². The molecule has 1 atom stereocenters. The second-order valence-electron chi connectivity index (χ2n) is 7.09. The Bertz CT molecular complexity index is 800. The van der Waals surface area contributed by atoms with E-state index in [1.807, 2.05) is 24.1 Å². The van der Waals surface area contributed by atoms with Crippen LogP contribution >= 0.6 is 0 Å². The van der Waals surface area contributed by atoms with Crippen LogP contribution in [0.2, 0.25) is 0 Å². The molecule has 3 nitrogen and oxygen atoms in total. The first-order chi connectivity index (χ1) is 13.1. The molecular formula is C23H27FN2O. The summed E-state index contributed by atoms with van der Waals surface area (Å²) < 4.78 is 13.4. The highest BCUT2D eigenvalue weighted by atomic mass is 19.1. The van der Waals surface area contributed by atoms with E-state index in [0.717, 1.165) is 36.1 Å². The molecule has 1 heterocycles. The van der Waals surface area contributed by atoms with Crippen molar-refractivity contribution in [3.63, 3.8) is 0 Å². The van der Waals surface area contributed by atoms with Gasteiger partial charge < -0.3 is 10.2 Å². The first-order valence-corrected chi connectivity index (χ1v) is 9.54. The Morgan fingerprint density at radius 2 is 1.89 bits per heavy atom. The van der Waals surface area contributed by atoms with Gasteiger partial charge in [0.25, 0.3) is 0 Å². The molecule has 2 aromatic carbocycles. The van der Waals surface area contributed by atoms with E-state index in [0.29, 0.717) is 19.4 Å². The molecule has 0 saturated carbocycles. The standard InChI is InChI=1S/C23H27FN2O/c1-17(13-15-25-2)7-12-22(27)26-16-14-18-5-3-4-6-21(18)23(26)19-8-10-20(24)11-9-19/h3-6,8-11,23,25H,1,7,12-16H2,2H3. The number of halogens is 1. The second-order valence-corrected chi connectivity index (χ2v) is 7.09. The minimum Gasteiger partial charge on any atom is -0.331 e. The highest BCUT2D eigenvalue weighted by Gasteiger charge is 2.31. The SMILES string of the molecule is C=C(CCNC)CCC(=O)N1CCc2ccccc2C1c1ccc(F)cc1. The smallest absolute Gasteiger partial charge is 0.223 e.